The molecule has 0 aliphatic rings. The van der Waals surface area contributed by atoms with Gasteiger partial charge in [0.15, 0.2) is 0 Å². The highest BCUT2D eigenvalue weighted by atomic mass is 15.3. The summed E-state index contributed by atoms with van der Waals surface area (Å²) in [6.45, 7) is 4.07. The Kier molecular flexibility index (Phi) is 3.50. The molecule has 1 heterocycles. The van der Waals surface area contributed by atoms with Gasteiger partial charge in [-0.15, -0.1) is 0 Å². The maximum absolute atomic E-state index is 5.69. The van der Waals surface area contributed by atoms with E-state index in [1.54, 1.807) is 4.90 Å². The quantitative estimate of drug-likeness (QED) is 0.875. The number of benzene rings is 1. The maximum atomic E-state index is 5.69. The Morgan fingerprint density at radius 2 is 1.84 bits per heavy atom. The highest BCUT2D eigenvalue weighted by Crippen LogP contribution is 2.20. The van der Waals surface area contributed by atoms with Crippen LogP contribution in [0.2, 0.25) is 0 Å². The summed E-state index contributed by atoms with van der Waals surface area (Å²) in [6.07, 6.45) is 0. The van der Waals surface area contributed by atoms with Crippen LogP contribution in [0.3, 0.4) is 0 Å². The van der Waals surface area contributed by atoms with Crippen LogP contribution in [-0.2, 0) is 0 Å². The number of nitrogen functional groups attached to an aromatic ring is 1. The largest absolute Gasteiger partial charge is 0.368 e. The third-order valence-electron chi connectivity index (χ3n) is 2.68. The first kappa shape index (κ1) is 13.1. The molecule has 0 fully saturated rings. The van der Waals surface area contributed by atoms with Crippen molar-refractivity contribution in [3.63, 3.8) is 0 Å². The second kappa shape index (κ2) is 5.09. The third-order valence-corrected chi connectivity index (χ3v) is 2.68. The van der Waals surface area contributed by atoms with E-state index in [0.29, 0.717) is 11.9 Å². The molecule has 0 amide bonds. The average molecular weight is 258 g/mol. The molecule has 0 spiro atoms. The third kappa shape index (κ3) is 3.09. The highest BCUT2D eigenvalue weighted by molar-refractivity contribution is 5.60. The summed E-state index contributed by atoms with van der Waals surface area (Å²) >= 11 is 0. The Morgan fingerprint density at radius 3 is 2.53 bits per heavy atom. The maximum Gasteiger partial charge on any atom is 0.233 e. The minimum Gasteiger partial charge on any atom is -0.368 e. The van der Waals surface area contributed by atoms with Crippen molar-refractivity contribution in [3.05, 3.63) is 29.3 Å². The van der Waals surface area contributed by atoms with Gasteiger partial charge in [-0.2, -0.15) is 15.0 Å². The molecule has 0 radical (unpaired) electrons. The van der Waals surface area contributed by atoms with Crippen molar-refractivity contribution >= 4 is 23.5 Å². The van der Waals surface area contributed by atoms with E-state index in [0.717, 1.165) is 11.3 Å². The highest BCUT2D eigenvalue weighted by Gasteiger charge is 2.07. The van der Waals surface area contributed by atoms with E-state index in [1.165, 1.54) is 5.56 Å². The van der Waals surface area contributed by atoms with E-state index < -0.39 is 0 Å². The zero-order chi connectivity index (χ0) is 14.0. The smallest absolute Gasteiger partial charge is 0.233 e. The van der Waals surface area contributed by atoms with Crippen molar-refractivity contribution in [1.29, 1.82) is 0 Å². The van der Waals surface area contributed by atoms with Gasteiger partial charge in [0.05, 0.1) is 0 Å². The van der Waals surface area contributed by atoms with Gasteiger partial charge in [0, 0.05) is 19.8 Å². The van der Waals surface area contributed by atoms with Gasteiger partial charge in [0.25, 0.3) is 0 Å². The van der Waals surface area contributed by atoms with Crippen molar-refractivity contribution < 1.29 is 0 Å². The second-order valence-corrected chi connectivity index (χ2v) is 4.66. The number of anilines is 4. The van der Waals surface area contributed by atoms with Gasteiger partial charge in [-0.1, -0.05) is 12.1 Å². The molecule has 0 aliphatic heterocycles. The number of hydrogen-bond acceptors (Lipinski definition) is 6. The van der Waals surface area contributed by atoms with Gasteiger partial charge >= 0.3 is 0 Å². The Bertz CT molecular complexity index is 594. The van der Waals surface area contributed by atoms with Crippen LogP contribution in [0.25, 0.3) is 0 Å². The van der Waals surface area contributed by atoms with Crippen LogP contribution in [0, 0.1) is 13.8 Å². The van der Waals surface area contributed by atoms with E-state index in [-0.39, 0.29) is 5.95 Å². The van der Waals surface area contributed by atoms with E-state index in [9.17, 15) is 0 Å². The van der Waals surface area contributed by atoms with Gasteiger partial charge in [-0.05, 0) is 31.0 Å². The minimum absolute atomic E-state index is 0.200. The van der Waals surface area contributed by atoms with E-state index in [1.807, 2.05) is 34.0 Å². The lowest BCUT2D eigenvalue weighted by molar-refractivity contribution is 0.969. The second-order valence-electron chi connectivity index (χ2n) is 4.66. The summed E-state index contributed by atoms with van der Waals surface area (Å²) in [6, 6.07) is 6.16. The lowest BCUT2D eigenvalue weighted by atomic mass is 10.1. The molecule has 2 rings (SSSR count). The van der Waals surface area contributed by atoms with Gasteiger partial charge in [-0.3, -0.25) is 0 Å². The number of aryl methyl sites for hydroxylation is 2. The number of nitrogens with one attached hydrogen (secondary N) is 1. The zero-order valence-electron chi connectivity index (χ0n) is 11.6. The van der Waals surface area contributed by atoms with Crippen molar-refractivity contribution in [2.45, 2.75) is 13.8 Å². The molecule has 6 heteroatoms. The van der Waals surface area contributed by atoms with Crippen molar-refractivity contribution in [3.8, 4) is 0 Å². The van der Waals surface area contributed by atoms with Gasteiger partial charge < -0.3 is 16.0 Å². The molecular formula is C13H18N6. The fourth-order valence-electron chi connectivity index (χ4n) is 1.63. The number of hydrogen-bond donors (Lipinski definition) is 2. The Balaban J connectivity index is 2.35. The van der Waals surface area contributed by atoms with Crippen LogP contribution in [0.4, 0.5) is 23.5 Å². The first-order chi connectivity index (χ1) is 8.95. The molecule has 3 N–H and O–H groups in total. The lowest BCUT2D eigenvalue weighted by Crippen LogP contribution is -2.15. The molecule has 19 heavy (non-hydrogen) atoms. The fourth-order valence-corrected chi connectivity index (χ4v) is 1.63. The Labute approximate surface area is 112 Å². The molecule has 100 valence electrons. The summed E-state index contributed by atoms with van der Waals surface area (Å²) in [5.41, 5.74) is 8.95. The topological polar surface area (TPSA) is 80.0 Å². The molecule has 0 aliphatic carbocycles. The standard InChI is InChI=1S/C13H18N6/c1-8-5-6-9(2)10(7-8)15-12-16-11(14)17-13(18-12)19(3)4/h5-7H,1-4H3,(H3,14,15,16,17,18). The number of nitrogens with zero attached hydrogens (tertiary/aromatic N) is 4. The molecular weight excluding hydrogens is 240 g/mol. The molecule has 6 nitrogen and oxygen atoms in total. The summed E-state index contributed by atoms with van der Waals surface area (Å²) < 4.78 is 0. The van der Waals surface area contributed by atoms with Gasteiger partial charge in [0.1, 0.15) is 0 Å². The van der Waals surface area contributed by atoms with Crippen LogP contribution in [0.5, 0.6) is 0 Å². The SMILES string of the molecule is Cc1ccc(C)c(Nc2nc(N)nc(N(C)C)n2)c1. The van der Waals surface area contributed by atoms with Crippen molar-refractivity contribution in [1.82, 2.24) is 15.0 Å². The van der Waals surface area contributed by atoms with Crippen LogP contribution < -0.4 is 16.0 Å². The lowest BCUT2D eigenvalue weighted by Gasteiger charge is -2.13. The first-order valence-corrected chi connectivity index (χ1v) is 5.99. The Hall–Kier alpha value is -2.37. The Morgan fingerprint density at radius 1 is 1.11 bits per heavy atom. The summed E-state index contributed by atoms with van der Waals surface area (Å²) in [5.74, 6) is 1.18. The molecule has 0 saturated carbocycles. The molecule has 0 unspecified atom stereocenters. The molecule has 1 aromatic carbocycles. The fraction of sp³-hybridized carbons (Fsp3) is 0.308. The number of aromatic nitrogens is 3. The monoisotopic (exact) mass is 258 g/mol. The van der Waals surface area contributed by atoms with Crippen LogP contribution >= 0.6 is 0 Å². The van der Waals surface area contributed by atoms with Crippen LogP contribution in [-0.4, -0.2) is 29.0 Å². The zero-order valence-corrected chi connectivity index (χ0v) is 11.6. The van der Waals surface area contributed by atoms with Crippen LogP contribution in [0.1, 0.15) is 11.1 Å². The molecule has 0 bridgehead atoms. The molecule has 2 aromatic rings. The molecule has 1 aromatic heterocycles. The van der Waals surface area contributed by atoms with Gasteiger partial charge in [-0.25, -0.2) is 0 Å². The molecule has 0 saturated heterocycles. The predicted octanol–water partition coefficient (Wildman–Crippen LogP) is 1.88. The first-order valence-electron chi connectivity index (χ1n) is 5.99. The number of nitrogens with two attached hydrogens (primary N) is 1. The van der Waals surface area contributed by atoms with Crippen molar-refractivity contribution in [2.75, 3.05) is 30.0 Å². The minimum atomic E-state index is 0.200. The van der Waals surface area contributed by atoms with E-state index >= 15 is 0 Å². The summed E-state index contributed by atoms with van der Waals surface area (Å²) in [4.78, 5) is 14.3. The van der Waals surface area contributed by atoms with E-state index in [4.69, 9.17) is 5.73 Å². The normalized spacial score (nSPS) is 10.3. The van der Waals surface area contributed by atoms with Crippen LogP contribution in [0.15, 0.2) is 18.2 Å². The predicted molar refractivity (Wildman–Crippen MR) is 77.8 cm³/mol. The summed E-state index contributed by atoms with van der Waals surface area (Å²) in [5, 5.41) is 3.18. The summed E-state index contributed by atoms with van der Waals surface area (Å²) in [7, 11) is 3.72. The van der Waals surface area contributed by atoms with Crippen molar-refractivity contribution in [2.24, 2.45) is 0 Å². The van der Waals surface area contributed by atoms with E-state index in [2.05, 4.69) is 32.4 Å². The average Bonchev–Trinajstić information content (AvgIpc) is 2.33. The van der Waals surface area contributed by atoms with Gasteiger partial charge in [0.2, 0.25) is 17.8 Å². The number of rotatable bonds is 3. The molecule has 0 atom stereocenters.